The Kier molecular flexibility index (Phi) is 6.39. The Morgan fingerprint density at radius 3 is 2.48 bits per heavy atom. The van der Waals surface area contributed by atoms with Gasteiger partial charge in [-0.2, -0.15) is 0 Å². The predicted octanol–water partition coefficient (Wildman–Crippen LogP) is 3.39. The van der Waals surface area contributed by atoms with Crippen LogP contribution in [0.4, 0.5) is 4.39 Å². The molecule has 0 aliphatic rings. The summed E-state index contributed by atoms with van der Waals surface area (Å²) in [5.41, 5.74) is 0.574. The fourth-order valence-corrected chi connectivity index (χ4v) is 3.48. The molecule has 25 heavy (non-hydrogen) atoms. The third-order valence-corrected chi connectivity index (χ3v) is 5.35. The second-order valence-corrected chi connectivity index (χ2v) is 7.69. The van der Waals surface area contributed by atoms with E-state index in [9.17, 15) is 17.6 Å². The summed E-state index contributed by atoms with van der Waals surface area (Å²) < 4.78 is 47.3. The summed E-state index contributed by atoms with van der Waals surface area (Å²) in [6.45, 7) is -0.0842. The molecule has 0 atom stereocenters. The Labute approximate surface area is 150 Å². The van der Waals surface area contributed by atoms with Gasteiger partial charge >= 0.3 is 5.97 Å². The van der Waals surface area contributed by atoms with Crippen LogP contribution in [0.2, 0.25) is 5.02 Å². The van der Waals surface area contributed by atoms with Crippen LogP contribution in [-0.4, -0.2) is 27.2 Å². The number of methoxy groups -OCH3 is 1. The Bertz CT molecular complexity index is 850. The Morgan fingerprint density at radius 2 is 1.84 bits per heavy atom. The zero-order valence-electron chi connectivity index (χ0n) is 13.4. The van der Waals surface area contributed by atoms with Gasteiger partial charge in [0.15, 0.2) is 9.84 Å². The Morgan fingerprint density at radius 1 is 1.16 bits per heavy atom. The molecule has 2 aromatic carbocycles. The summed E-state index contributed by atoms with van der Waals surface area (Å²) in [7, 11) is -2.21. The van der Waals surface area contributed by atoms with E-state index in [1.54, 1.807) is 18.2 Å². The zero-order valence-corrected chi connectivity index (χ0v) is 14.9. The van der Waals surface area contributed by atoms with Crippen molar-refractivity contribution >= 4 is 27.4 Å². The van der Waals surface area contributed by atoms with E-state index in [2.05, 4.69) is 0 Å². The molecule has 0 amide bonds. The molecule has 134 valence electrons. The van der Waals surface area contributed by atoms with Crippen LogP contribution < -0.4 is 4.74 Å². The summed E-state index contributed by atoms with van der Waals surface area (Å²) in [6, 6.07) is 9.31. The van der Waals surface area contributed by atoms with Crippen LogP contribution in [-0.2, 0) is 26.0 Å². The van der Waals surface area contributed by atoms with Crippen molar-refractivity contribution < 1.29 is 27.1 Å². The molecular formula is C17H16ClFO5S. The lowest BCUT2D eigenvalue weighted by Gasteiger charge is -2.10. The average molecular weight is 387 g/mol. The molecule has 0 saturated heterocycles. The molecule has 0 spiro atoms. The van der Waals surface area contributed by atoms with Crippen molar-refractivity contribution in [2.75, 3.05) is 12.9 Å². The van der Waals surface area contributed by atoms with E-state index in [1.807, 2.05) is 0 Å². The van der Waals surface area contributed by atoms with Gasteiger partial charge in [0.1, 0.15) is 18.2 Å². The lowest BCUT2D eigenvalue weighted by molar-refractivity contribution is -0.144. The first kappa shape index (κ1) is 19.2. The van der Waals surface area contributed by atoms with Gasteiger partial charge in [-0.3, -0.25) is 4.79 Å². The van der Waals surface area contributed by atoms with E-state index in [0.717, 1.165) is 24.3 Å². The third kappa shape index (κ3) is 5.44. The van der Waals surface area contributed by atoms with Gasteiger partial charge in [-0.15, -0.1) is 0 Å². The van der Waals surface area contributed by atoms with Gasteiger partial charge in [0.2, 0.25) is 0 Å². The molecular weight excluding hydrogens is 371 g/mol. The molecule has 0 bridgehead atoms. The first-order chi connectivity index (χ1) is 11.8. The quantitative estimate of drug-likeness (QED) is 0.539. The minimum Gasteiger partial charge on any atom is -0.496 e. The molecule has 2 rings (SSSR count). The molecule has 0 saturated carbocycles. The first-order valence-corrected chi connectivity index (χ1v) is 9.31. The highest BCUT2D eigenvalue weighted by molar-refractivity contribution is 7.91. The topological polar surface area (TPSA) is 69.7 Å². The predicted molar refractivity (Wildman–Crippen MR) is 90.9 cm³/mol. The maximum Gasteiger partial charge on any atom is 0.307 e. The highest BCUT2D eigenvalue weighted by Crippen LogP contribution is 2.23. The van der Waals surface area contributed by atoms with Gasteiger partial charge in [0, 0.05) is 10.6 Å². The van der Waals surface area contributed by atoms with Crippen molar-refractivity contribution in [2.45, 2.75) is 17.9 Å². The minimum atomic E-state index is -3.69. The molecule has 0 aliphatic carbocycles. The molecule has 0 N–H and O–H groups in total. The zero-order chi connectivity index (χ0) is 18.4. The fraction of sp³-hybridized carbons (Fsp3) is 0.235. The van der Waals surface area contributed by atoms with E-state index >= 15 is 0 Å². The van der Waals surface area contributed by atoms with Crippen molar-refractivity contribution in [3.63, 3.8) is 0 Å². The van der Waals surface area contributed by atoms with Gasteiger partial charge in [-0.1, -0.05) is 11.6 Å². The van der Waals surface area contributed by atoms with Crippen LogP contribution in [0.3, 0.4) is 0 Å². The highest BCUT2D eigenvalue weighted by Gasteiger charge is 2.17. The third-order valence-electron chi connectivity index (χ3n) is 3.38. The van der Waals surface area contributed by atoms with Crippen LogP contribution in [0, 0.1) is 5.82 Å². The molecule has 8 heteroatoms. The number of hydrogen-bond acceptors (Lipinski definition) is 5. The Hall–Kier alpha value is -2.12. The van der Waals surface area contributed by atoms with Crippen LogP contribution in [0.1, 0.15) is 12.0 Å². The highest BCUT2D eigenvalue weighted by atomic mass is 35.5. The molecule has 0 aromatic heterocycles. The van der Waals surface area contributed by atoms with Crippen molar-refractivity contribution in [1.82, 2.24) is 0 Å². The number of ether oxygens (including phenoxy) is 2. The van der Waals surface area contributed by atoms with E-state index in [1.165, 1.54) is 7.11 Å². The van der Waals surface area contributed by atoms with Gasteiger partial charge in [-0.05, 0) is 42.5 Å². The molecule has 0 aliphatic heterocycles. The number of carbonyl (C=O) groups is 1. The molecule has 0 fully saturated rings. The monoisotopic (exact) mass is 386 g/mol. The van der Waals surface area contributed by atoms with E-state index in [0.29, 0.717) is 16.3 Å². The van der Waals surface area contributed by atoms with Crippen molar-refractivity contribution in [1.29, 1.82) is 0 Å². The average Bonchev–Trinajstić information content (AvgIpc) is 2.59. The molecule has 0 unspecified atom stereocenters. The minimum absolute atomic E-state index is 0.0433. The Balaban J connectivity index is 1.92. The first-order valence-electron chi connectivity index (χ1n) is 7.28. The maximum absolute atomic E-state index is 12.9. The number of benzene rings is 2. The van der Waals surface area contributed by atoms with Gasteiger partial charge in [-0.25, -0.2) is 12.8 Å². The van der Waals surface area contributed by atoms with Crippen molar-refractivity contribution in [3.05, 3.63) is 58.9 Å². The number of sulfone groups is 1. The van der Waals surface area contributed by atoms with E-state index in [4.69, 9.17) is 21.1 Å². The van der Waals surface area contributed by atoms with Gasteiger partial charge in [0.25, 0.3) is 0 Å². The summed E-state index contributed by atoms with van der Waals surface area (Å²) >= 11 is 5.89. The SMILES string of the molecule is COc1ccc(Cl)cc1COC(=O)CCS(=O)(=O)c1ccc(F)cc1. The largest absolute Gasteiger partial charge is 0.496 e. The van der Waals surface area contributed by atoms with Crippen LogP contribution in [0.25, 0.3) is 0 Å². The fourth-order valence-electron chi connectivity index (χ4n) is 2.07. The summed E-state index contributed by atoms with van der Waals surface area (Å²) in [5, 5.41) is 0.464. The number of halogens is 2. The van der Waals surface area contributed by atoms with Crippen LogP contribution in [0.5, 0.6) is 5.75 Å². The molecule has 2 aromatic rings. The van der Waals surface area contributed by atoms with E-state index < -0.39 is 27.4 Å². The second kappa shape index (κ2) is 8.31. The van der Waals surface area contributed by atoms with Crippen molar-refractivity contribution in [2.24, 2.45) is 0 Å². The normalized spacial score (nSPS) is 11.2. The molecule has 0 heterocycles. The smallest absolute Gasteiger partial charge is 0.307 e. The summed E-state index contributed by atoms with van der Waals surface area (Å²) in [4.78, 5) is 11.8. The van der Waals surface area contributed by atoms with Crippen LogP contribution in [0.15, 0.2) is 47.4 Å². The number of rotatable bonds is 7. The molecule has 5 nitrogen and oxygen atoms in total. The van der Waals surface area contributed by atoms with Gasteiger partial charge in [0.05, 0.1) is 24.2 Å². The number of esters is 1. The van der Waals surface area contributed by atoms with Gasteiger partial charge < -0.3 is 9.47 Å². The summed E-state index contributed by atoms with van der Waals surface area (Å²) in [6.07, 6.45) is -0.317. The van der Waals surface area contributed by atoms with Crippen molar-refractivity contribution in [3.8, 4) is 5.75 Å². The molecule has 0 radical (unpaired) electrons. The standard InChI is InChI=1S/C17H16ClFO5S/c1-23-16-7-2-13(18)10-12(16)11-24-17(20)8-9-25(21,22)15-5-3-14(19)4-6-15/h2-7,10H,8-9,11H2,1H3. The number of hydrogen-bond donors (Lipinski definition) is 0. The second-order valence-electron chi connectivity index (χ2n) is 5.14. The maximum atomic E-state index is 12.9. The lowest BCUT2D eigenvalue weighted by atomic mass is 10.2. The number of carbonyl (C=O) groups excluding carboxylic acids is 1. The lowest BCUT2D eigenvalue weighted by Crippen LogP contribution is -2.14. The van der Waals surface area contributed by atoms with E-state index in [-0.39, 0.29) is 17.9 Å². The van der Waals surface area contributed by atoms with Crippen LogP contribution >= 0.6 is 11.6 Å². The summed E-state index contributed by atoms with van der Waals surface area (Å²) in [5.74, 6) is -1.12.